The molecule has 1 heterocycles. The summed E-state index contributed by atoms with van der Waals surface area (Å²) in [5.74, 6) is 0. The van der Waals surface area contributed by atoms with Gasteiger partial charge in [0, 0.05) is 24.3 Å². The Hall–Kier alpha value is -0.920. The highest BCUT2D eigenvalue weighted by molar-refractivity contribution is 7.89. The fourth-order valence-electron chi connectivity index (χ4n) is 1.24. The molecule has 1 rings (SSSR count). The minimum atomic E-state index is -3.63. The molecule has 0 aliphatic rings. The molecule has 2 N–H and O–H groups in total. The van der Waals surface area contributed by atoms with Crippen LogP contribution in [0.3, 0.4) is 0 Å². The molecule has 92 valence electrons. The molecule has 16 heavy (non-hydrogen) atoms. The van der Waals surface area contributed by atoms with E-state index in [-0.39, 0.29) is 17.7 Å². The summed E-state index contributed by atoms with van der Waals surface area (Å²) < 4.78 is 25.4. The lowest BCUT2D eigenvalue weighted by Crippen LogP contribution is -2.33. The highest BCUT2D eigenvalue weighted by Gasteiger charge is 2.29. The third kappa shape index (κ3) is 2.11. The van der Waals surface area contributed by atoms with E-state index in [1.165, 1.54) is 11.4 Å². The number of H-pyrrole nitrogens is 1. The van der Waals surface area contributed by atoms with E-state index in [2.05, 4.69) is 10.2 Å². The van der Waals surface area contributed by atoms with Crippen molar-refractivity contribution in [3.63, 3.8) is 0 Å². The second kappa shape index (κ2) is 4.52. The standard InChI is InChI=1S/C9H17N3O3S/c1-6(2)12(4)16(14,15)9-8(5-13)7(3)10-11-9/h6,13H,5H2,1-4H3,(H,10,11). The molecule has 0 unspecified atom stereocenters. The number of aromatic amines is 1. The quantitative estimate of drug-likeness (QED) is 0.798. The van der Waals surface area contributed by atoms with E-state index in [1.807, 2.05) is 0 Å². The molecule has 7 heteroatoms. The SMILES string of the molecule is Cc1[nH]nc(S(=O)(=O)N(C)C(C)C)c1CO. The molecule has 0 saturated heterocycles. The second-order valence-electron chi connectivity index (χ2n) is 3.91. The van der Waals surface area contributed by atoms with Crippen molar-refractivity contribution in [3.05, 3.63) is 11.3 Å². The lowest BCUT2D eigenvalue weighted by molar-refractivity contribution is 0.277. The van der Waals surface area contributed by atoms with Crippen LogP contribution in [0.25, 0.3) is 0 Å². The molecule has 1 aromatic rings. The molecule has 0 amide bonds. The van der Waals surface area contributed by atoms with Gasteiger partial charge >= 0.3 is 0 Å². The number of sulfonamides is 1. The van der Waals surface area contributed by atoms with E-state index >= 15 is 0 Å². The summed E-state index contributed by atoms with van der Waals surface area (Å²) in [6.45, 7) is 4.88. The summed E-state index contributed by atoms with van der Waals surface area (Å²) in [5, 5.41) is 15.4. The minimum Gasteiger partial charge on any atom is -0.392 e. The third-order valence-electron chi connectivity index (χ3n) is 2.54. The average Bonchev–Trinajstić information content (AvgIpc) is 2.58. The molecule has 0 radical (unpaired) electrons. The summed E-state index contributed by atoms with van der Waals surface area (Å²) in [6.07, 6.45) is 0. The molecule has 6 nitrogen and oxygen atoms in total. The molecule has 0 atom stereocenters. The Labute approximate surface area is 95.3 Å². The molecule has 0 fully saturated rings. The monoisotopic (exact) mass is 247 g/mol. The first-order chi connectivity index (χ1) is 7.32. The summed E-state index contributed by atoms with van der Waals surface area (Å²) in [6, 6.07) is -0.159. The van der Waals surface area contributed by atoms with E-state index in [1.54, 1.807) is 20.8 Å². The van der Waals surface area contributed by atoms with Crippen LogP contribution in [0.15, 0.2) is 5.03 Å². The molecule has 1 aromatic heterocycles. The van der Waals surface area contributed by atoms with Gasteiger partial charge in [-0.3, -0.25) is 5.10 Å². The summed E-state index contributed by atoms with van der Waals surface area (Å²) >= 11 is 0. The fraction of sp³-hybridized carbons (Fsp3) is 0.667. The molecular weight excluding hydrogens is 230 g/mol. The average molecular weight is 247 g/mol. The molecule has 0 aliphatic heterocycles. The van der Waals surface area contributed by atoms with Gasteiger partial charge in [0.05, 0.1) is 6.61 Å². The van der Waals surface area contributed by atoms with Crippen molar-refractivity contribution in [2.75, 3.05) is 7.05 Å². The number of hydrogen-bond donors (Lipinski definition) is 2. The van der Waals surface area contributed by atoms with Gasteiger partial charge < -0.3 is 5.11 Å². The Morgan fingerprint density at radius 1 is 1.50 bits per heavy atom. The van der Waals surface area contributed by atoms with Gasteiger partial charge in [0.15, 0.2) is 5.03 Å². The van der Waals surface area contributed by atoms with Gasteiger partial charge in [-0.05, 0) is 20.8 Å². The number of hydrogen-bond acceptors (Lipinski definition) is 4. The minimum absolute atomic E-state index is 0.0938. The predicted octanol–water partition coefficient (Wildman–Crippen LogP) is 0.239. The molecule has 0 bridgehead atoms. The van der Waals surface area contributed by atoms with Crippen molar-refractivity contribution < 1.29 is 13.5 Å². The Kier molecular flexibility index (Phi) is 3.72. The van der Waals surface area contributed by atoms with Crippen LogP contribution >= 0.6 is 0 Å². The van der Waals surface area contributed by atoms with Crippen LogP contribution in [0.5, 0.6) is 0 Å². The van der Waals surface area contributed by atoms with Gasteiger partial charge in [-0.15, -0.1) is 0 Å². The van der Waals surface area contributed by atoms with Crippen molar-refractivity contribution in [1.82, 2.24) is 14.5 Å². The van der Waals surface area contributed by atoms with Crippen LogP contribution in [0.2, 0.25) is 0 Å². The number of aromatic nitrogens is 2. The van der Waals surface area contributed by atoms with Crippen molar-refractivity contribution in [1.29, 1.82) is 0 Å². The van der Waals surface area contributed by atoms with Gasteiger partial charge in [-0.1, -0.05) is 0 Å². The topological polar surface area (TPSA) is 86.3 Å². The number of rotatable bonds is 4. The zero-order chi connectivity index (χ0) is 12.5. The Balaban J connectivity index is 3.27. The first-order valence-electron chi connectivity index (χ1n) is 4.95. The Morgan fingerprint density at radius 2 is 2.06 bits per heavy atom. The zero-order valence-electron chi connectivity index (χ0n) is 9.85. The van der Waals surface area contributed by atoms with Crippen LogP contribution in [-0.4, -0.2) is 41.1 Å². The van der Waals surface area contributed by atoms with Crippen molar-refractivity contribution in [2.45, 2.75) is 38.4 Å². The Bertz CT molecular complexity index is 464. The zero-order valence-corrected chi connectivity index (χ0v) is 10.7. The number of aliphatic hydroxyl groups excluding tert-OH is 1. The van der Waals surface area contributed by atoms with Gasteiger partial charge in [0.25, 0.3) is 10.0 Å². The smallest absolute Gasteiger partial charge is 0.262 e. The predicted molar refractivity (Wildman–Crippen MR) is 59.3 cm³/mol. The van der Waals surface area contributed by atoms with Crippen molar-refractivity contribution in [3.8, 4) is 0 Å². The normalized spacial score (nSPS) is 12.7. The summed E-state index contributed by atoms with van der Waals surface area (Å²) in [7, 11) is -2.14. The van der Waals surface area contributed by atoms with Crippen LogP contribution in [0.4, 0.5) is 0 Å². The van der Waals surface area contributed by atoms with Crippen molar-refractivity contribution in [2.24, 2.45) is 0 Å². The maximum atomic E-state index is 12.1. The number of nitrogens with one attached hydrogen (secondary N) is 1. The Morgan fingerprint density at radius 3 is 2.50 bits per heavy atom. The lowest BCUT2D eigenvalue weighted by Gasteiger charge is -2.19. The van der Waals surface area contributed by atoms with Crippen LogP contribution < -0.4 is 0 Å². The highest BCUT2D eigenvalue weighted by atomic mass is 32.2. The summed E-state index contributed by atoms with van der Waals surface area (Å²) in [5.41, 5.74) is 0.894. The second-order valence-corrected chi connectivity index (χ2v) is 5.82. The third-order valence-corrected chi connectivity index (χ3v) is 4.55. The first kappa shape index (κ1) is 13.1. The van der Waals surface area contributed by atoms with Gasteiger partial charge in [0.1, 0.15) is 0 Å². The number of aliphatic hydroxyl groups is 1. The number of nitrogens with zero attached hydrogens (tertiary/aromatic N) is 2. The van der Waals surface area contributed by atoms with E-state index < -0.39 is 10.0 Å². The van der Waals surface area contributed by atoms with Gasteiger partial charge in [0.2, 0.25) is 0 Å². The van der Waals surface area contributed by atoms with Crippen LogP contribution in [0.1, 0.15) is 25.1 Å². The lowest BCUT2D eigenvalue weighted by atomic mass is 10.3. The molecule has 0 spiro atoms. The van der Waals surface area contributed by atoms with Crippen LogP contribution in [0, 0.1) is 6.92 Å². The van der Waals surface area contributed by atoms with Crippen LogP contribution in [-0.2, 0) is 16.6 Å². The molecular formula is C9H17N3O3S. The molecule has 0 aromatic carbocycles. The van der Waals surface area contributed by atoms with E-state index in [4.69, 9.17) is 5.11 Å². The van der Waals surface area contributed by atoms with E-state index in [0.29, 0.717) is 11.3 Å². The fourth-order valence-corrected chi connectivity index (χ4v) is 2.76. The van der Waals surface area contributed by atoms with Gasteiger partial charge in [-0.25, -0.2) is 8.42 Å². The van der Waals surface area contributed by atoms with E-state index in [9.17, 15) is 8.42 Å². The molecule has 0 aliphatic carbocycles. The molecule has 0 saturated carbocycles. The maximum Gasteiger partial charge on any atom is 0.262 e. The largest absolute Gasteiger partial charge is 0.392 e. The van der Waals surface area contributed by atoms with E-state index in [0.717, 1.165) is 0 Å². The first-order valence-corrected chi connectivity index (χ1v) is 6.39. The van der Waals surface area contributed by atoms with Gasteiger partial charge in [-0.2, -0.15) is 9.40 Å². The highest BCUT2D eigenvalue weighted by Crippen LogP contribution is 2.20. The summed E-state index contributed by atoms with van der Waals surface area (Å²) in [4.78, 5) is 0. The maximum absolute atomic E-state index is 12.1. The van der Waals surface area contributed by atoms with Crippen molar-refractivity contribution >= 4 is 10.0 Å². The number of aryl methyl sites for hydroxylation is 1.